The Morgan fingerprint density at radius 2 is 1.73 bits per heavy atom. The summed E-state index contributed by atoms with van der Waals surface area (Å²) >= 11 is 0. The largest absolute Gasteiger partial charge is 0.0625 e. The fourth-order valence-corrected chi connectivity index (χ4v) is 2.18. The first kappa shape index (κ1) is 9.09. The van der Waals surface area contributed by atoms with Crippen LogP contribution in [0.3, 0.4) is 0 Å². The summed E-state index contributed by atoms with van der Waals surface area (Å²) in [6.07, 6.45) is 7.40. The van der Waals surface area contributed by atoms with Crippen LogP contribution in [0.5, 0.6) is 0 Å². The lowest BCUT2D eigenvalue weighted by Gasteiger charge is -2.17. The van der Waals surface area contributed by atoms with Crippen molar-refractivity contribution >= 4 is 0 Å². The molecule has 0 N–H and O–H groups in total. The SMILES string of the molecule is CC1CCCC(C(C)C)CC1. The first-order valence-corrected chi connectivity index (χ1v) is 5.20. The van der Waals surface area contributed by atoms with Crippen LogP contribution in [0.1, 0.15) is 52.9 Å². The Morgan fingerprint density at radius 3 is 2.36 bits per heavy atom. The Kier molecular flexibility index (Phi) is 3.42. The highest BCUT2D eigenvalue weighted by atomic mass is 14.2. The van der Waals surface area contributed by atoms with Crippen LogP contribution in [0.4, 0.5) is 0 Å². The molecule has 0 bridgehead atoms. The van der Waals surface area contributed by atoms with Crippen LogP contribution >= 0.6 is 0 Å². The van der Waals surface area contributed by atoms with Crippen LogP contribution in [-0.2, 0) is 0 Å². The molecule has 0 amide bonds. The molecular weight excluding hydrogens is 132 g/mol. The summed E-state index contributed by atoms with van der Waals surface area (Å²) < 4.78 is 0. The van der Waals surface area contributed by atoms with Crippen molar-refractivity contribution in [2.45, 2.75) is 52.9 Å². The van der Waals surface area contributed by atoms with E-state index in [-0.39, 0.29) is 0 Å². The summed E-state index contributed by atoms with van der Waals surface area (Å²) in [4.78, 5) is 0. The van der Waals surface area contributed by atoms with Crippen molar-refractivity contribution in [1.82, 2.24) is 0 Å². The van der Waals surface area contributed by atoms with Gasteiger partial charge in [-0.2, -0.15) is 0 Å². The monoisotopic (exact) mass is 154 g/mol. The van der Waals surface area contributed by atoms with E-state index in [4.69, 9.17) is 0 Å². The molecule has 1 rings (SSSR count). The minimum absolute atomic E-state index is 0.917. The van der Waals surface area contributed by atoms with Gasteiger partial charge in [0.25, 0.3) is 0 Å². The summed E-state index contributed by atoms with van der Waals surface area (Å²) in [5.41, 5.74) is 0. The fraction of sp³-hybridized carbons (Fsp3) is 1.00. The normalized spacial score (nSPS) is 33.8. The molecule has 0 heterocycles. The number of hydrogen-bond donors (Lipinski definition) is 0. The summed E-state index contributed by atoms with van der Waals surface area (Å²) in [5.74, 6) is 2.94. The number of hydrogen-bond acceptors (Lipinski definition) is 0. The first-order chi connectivity index (χ1) is 5.20. The van der Waals surface area contributed by atoms with Crippen LogP contribution in [0.15, 0.2) is 0 Å². The Bertz CT molecular complexity index is 105. The smallest absolute Gasteiger partial charge is 0.0391 e. The van der Waals surface area contributed by atoms with E-state index < -0.39 is 0 Å². The van der Waals surface area contributed by atoms with Crippen LogP contribution in [0.2, 0.25) is 0 Å². The fourth-order valence-electron chi connectivity index (χ4n) is 2.18. The molecule has 0 nitrogen and oxygen atoms in total. The lowest BCUT2D eigenvalue weighted by molar-refractivity contribution is 0.338. The van der Waals surface area contributed by atoms with Gasteiger partial charge in [-0.05, 0) is 24.2 Å². The van der Waals surface area contributed by atoms with Gasteiger partial charge in [-0.3, -0.25) is 0 Å². The minimum atomic E-state index is 0.917. The third-order valence-corrected chi connectivity index (χ3v) is 3.24. The maximum absolute atomic E-state index is 2.41. The van der Waals surface area contributed by atoms with Gasteiger partial charge in [-0.15, -0.1) is 0 Å². The van der Waals surface area contributed by atoms with E-state index in [0.717, 1.165) is 17.8 Å². The Hall–Kier alpha value is 0. The van der Waals surface area contributed by atoms with Gasteiger partial charge in [0.2, 0.25) is 0 Å². The quantitative estimate of drug-likeness (QED) is 0.503. The van der Waals surface area contributed by atoms with Crippen molar-refractivity contribution in [3.63, 3.8) is 0 Å². The van der Waals surface area contributed by atoms with Gasteiger partial charge in [-0.25, -0.2) is 0 Å². The molecule has 1 saturated carbocycles. The van der Waals surface area contributed by atoms with Crippen LogP contribution in [0, 0.1) is 17.8 Å². The predicted octanol–water partition coefficient (Wildman–Crippen LogP) is 3.86. The van der Waals surface area contributed by atoms with Crippen molar-refractivity contribution in [2.75, 3.05) is 0 Å². The van der Waals surface area contributed by atoms with Crippen molar-refractivity contribution in [3.8, 4) is 0 Å². The van der Waals surface area contributed by atoms with Crippen molar-refractivity contribution in [3.05, 3.63) is 0 Å². The maximum atomic E-state index is 2.41. The van der Waals surface area contributed by atoms with E-state index in [1.54, 1.807) is 0 Å². The third kappa shape index (κ3) is 2.84. The molecule has 0 aromatic heterocycles. The van der Waals surface area contributed by atoms with Gasteiger partial charge in [0, 0.05) is 0 Å². The van der Waals surface area contributed by atoms with Crippen LogP contribution in [0.25, 0.3) is 0 Å². The summed E-state index contributed by atoms with van der Waals surface area (Å²) in [6.45, 7) is 7.16. The summed E-state index contributed by atoms with van der Waals surface area (Å²) in [6, 6.07) is 0. The molecule has 0 saturated heterocycles. The third-order valence-electron chi connectivity index (χ3n) is 3.24. The van der Waals surface area contributed by atoms with E-state index >= 15 is 0 Å². The zero-order valence-corrected chi connectivity index (χ0v) is 8.27. The standard InChI is InChI=1S/C11H22/c1-9(2)11-6-4-5-10(3)7-8-11/h9-11H,4-8H2,1-3H3. The predicted molar refractivity (Wildman–Crippen MR) is 50.6 cm³/mol. The highest BCUT2D eigenvalue weighted by molar-refractivity contribution is 4.70. The lowest BCUT2D eigenvalue weighted by atomic mass is 9.89. The molecule has 1 fully saturated rings. The van der Waals surface area contributed by atoms with E-state index in [1.165, 1.54) is 32.1 Å². The van der Waals surface area contributed by atoms with E-state index in [2.05, 4.69) is 20.8 Å². The van der Waals surface area contributed by atoms with E-state index in [9.17, 15) is 0 Å². The zero-order valence-electron chi connectivity index (χ0n) is 8.27. The molecule has 1 aliphatic rings. The molecular formula is C11H22. The molecule has 11 heavy (non-hydrogen) atoms. The second-order valence-corrected chi connectivity index (χ2v) is 4.62. The number of rotatable bonds is 1. The second-order valence-electron chi connectivity index (χ2n) is 4.62. The molecule has 0 aromatic carbocycles. The Balaban J connectivity index is 2.34. The van der Waals surface area contributed by atoms with Gasteiger partial charge in [0.1, 0.15) is 0 Å². The Morgan fingerprint density at radius 1 is 1.00 bits per heavy atom. The van der Waals surface area contributed by atoms with Crippen molar-refractivity contribution in [2.24, 2.45) is 17.8 Å². The highest BCUT2D eigenvalue weighted by Gasteiger charge is 2.18. The van der Waals surface area contributed by atoms with Gasteiger partial charge in [-0.1, -0.05) is 46.5 Å². The van der Waals surface area contributed by atoms with E-state index in [0.29, 0.717) is 0 Å². The molecule has 2 atom stereocenters. The van der Waals surface area contributed by atoms with Gasteiger partial charge >= 0.3 is 0 Å². The minimum Gasteiger partial charge on any atom is -0.0625 e. The average molecular weight is 154 g/mol. The van der Waals surface area contributed by atoms with Gasteiger partial charge < -0.3 is 0 Å². The first-order valence-electron chi connectivity index (χ1n) is 5.20. The van der Waals surface area contributed by atoms with Crippen molar-refractivity contribution < 1.29 is 0 Å². The van der Waals surface area contributed by atoms with Crippen LogP contribution < -0.4 is 0 Å². The van der Waals surface area contributed by atoms with Gasteiger partial charge in [0.15, 0.2) is 0 Å². The highest BCUT2D eigenvalue weighted by Crippen LogP contribution is 2.31. The average Bonchev–Trinajstić information content (AvgIpc) is 2.13. The van der Waals surface area contributed by atoms with Crippen molar-refractivity contribution in [1.29, 1.82) is 0 Å². The zero-order chi connectivity index (χ0) is 8.27. The maximum Gasteiger partial charge on any atom is -0.0391 e. The lowest BCUT2D eigenvalue weighted by Crippen LogP contribution is -2.06. The summed E-state index contributed by atoms with van der Waals surface area (Å²) in [7, 11) is 0. The van der Waals surface area contributed by atoms with Gasteiger partial charge in [0.05, 0.1) is 0 Å². The molecule has 0 spiro atoms. The second kappa shape index (κ2) is 4.13. The molecule has 0 radical (unpaired) electrons. The summed E-state index contributed by atoms with van der Waals surface area (Å²) in [5, 5.41) is 0. The topological polar surface area (TPSA) is 0 Å². The molecule has 0 aromatic rings. The molecule has 0 aliphatic heterocycles. The van der Waals surface area contributed by atoms with E-state index in [1.807, 2.05) is 0 Å². The van der Waals surface area contributed by atoms with Crippen LogP contribution in [-0.4, -0.2) is 0 Å². The molecule has 1 aliphatic carbocycles. The molecule has 0 heteroatoms. The molecule has 66 valence electrons. The Labute approximate surface area is 71.4 Å². The molecule has 2 unspecified atom stereocenters.